The third kappa shape index (κ3) is 6.12. The number of rotatable bonds is 7. The Bertz CT molecular complexity index is 1280. The third-order valence-electron chi connectivity index (χ3n) is 5.23. The van der Waals surface area contributed by atoms with E-state index < -0.39 is 24.3 Å². The number of amides is 4. The van der Waals surface area contributed by atoms with Gasteiger partial charge in [-0.1, -0.05) is 12.1 Å². The Morgan fingerprint density at radius 3 is 2.31 bits per heavy atom. The minimum Gasteiger partial charge on any atom is -0.484 e. The highest BCUT2D eigenvalue weighted by Gasteiger charge is 2.30. The quantitative estimate of drug-likeness (QED) is 0.447. The number of hydrogen-bond acceptors (Lipinski definition) is 4. The maximum atomic E-state index is 12.8. The van der Waals surface area contributed by atoms with Gasteiger partial charge in [0.2, 0.25) is 0 Å². The van der Waals surface area contributed by atoms with Crippen LogP contribution in [0.15, 0.2) is 72.8 Å². The summed E-state index contributed by atoms with van der Waals surface area (Å²) < 4.78 is 43.8. The van der Waals surface area contributed by atoms with Crippen LogP contribution in [0.3, 0.4) is 0 Å². The first kappa shape index (κ1) is 24.6. The molecule has 0 spiro atoms. The summed E-state index contributed by atoms with van der Waals surface area (Å²) in [5, 5.41) is 7.84. The number of halogens is 3. The van der Waals surface area contributed by atoms with Gasteiger partial charge < -0.3 is 20.7 Å². The minimum absolute atomic E-state index is 0.000117. The van der Waals surface area contributed by atoms with Crippen LogP contribution in [-0.4, -0.2) is 37.5 Å². The molecule has 1 fully saturated rings. The van der Waals surface area contributed by atoms with E-state index in [0.29, 0.717) is 35.8 Å². The lowest BCUT2D eigenvalue weighted by molar-refractivity contribution is -0.137. The van der Waals surface area contributed by atoms with Gasteiger partial charge in [0.15, 0.2) is 6.61 Å². The Labute approximate surface area is 204 Å². The molecule has 36 heavy (non-hydrogen) atoms. The van der Waals surface area contributed by atoms with Crippen LogP contribution in [-0.2, 0) is 11.0 Å². The fraction of sp³-hybridized carbons (Fsp3) is 0.160. The van der Waals surface area contributed by atoms with Crippen LogP contribution in [0, 0.1) is 0 Å². The molecule has 0 radical (unpaired) electrons. The zero-order valence-corrected chi connectivity index (χ0v) is 18.8. The second-order valence-electron chi connectivity index (χ2n) is 7.83. The van der Waals surface area contributed by atoms with Crippen LogP contribution < -0.4 is 25.6 Å². The van der Waals surface area contributed by atoms with Gasteiger partial charge in [0.05, 0.1) is 5.56 Å². The maximum Gasteiger partial charge on any atom is 0.416 e. The smallest absolute Gasteiger partial charge is 0.416 e. The van der Waals surface area contributed by atoms with Crippen LogP contribution in [0.5, 0.6) is 5.75 Å². The van der Waals surface area contributed by atoms with Crippen molar-refractivity contribution in [2.24, 2.45) is 0 Å². The van der Waals surface area contributed by atoms with Crippen LogP contribution >= 0.6 is 0 Å². The van der Waals surface area contributed by atoms with E-state index in [1.54, 1.807) is 29.2 Å². The van der Waals surface area contributed by atoms with Crippen LogP contribution in [0.2, 0.25) is 0 Å². The monoisotopic (exact) mass is 498 g/mol. The molecule has 0 aromatic heterocycles. The molecule has 186 valence electrons. The molecule has 0 unspecified atom stereocenters. The number of carbonyl (C=O) groups excluding carboxylic acids is 3. The van der Waals surface area contributed by atoms with Crippen LogP contribution in [0.1, 0.15) is 15.9 Å². The van der Waals surface area contributed by atoms with Crippen molar-refractivity contribution in [3.8, 4) is 5.75 Å². The van der Waals surface area contributed by atoms with Crippen molar-refractivity contribution < 1.29 is 32.3 Å². The Hall–Kier alpha value is -4.54. The molecule has 1 saturated heterocycles. The molecular formula is C25H21F3N4O4. The van der Waals surface area contributed by atoms with Crippen molar-refractivity contribution in [3.05, 3.63) is 83.9 Å². The number of benzene rings is 3. The molecule has 8 nitrogen and oxygen atoms in total. The molecule has 1 aliphatic heterocycles. The van der Waals surface area contributed by atoms with Crippen molar-refractivity contribution in [1.29, 1.82) is 0 Å². The van der Waals surface area contributed by atoms with Crippen molar-refractivity contribution in [1.82, 2.24) is 5.32 Å². The molecule has 4 amide bonds. The van der Waals surface area contributed by atoms with E-state index >= 15 is 0 Å². The summed E-state index contributed by atoms with van der Waals surface area (Å²) in [5.41, 5.74) is 0.641. The highest BCUT2D eigenvalue weighted by atomic mass is 19.4. The van der Waals surface area contributed by atoms with Gasteiger partial charge in [0.1, 0.15) is 5.75 Å². The summed E-state index contributed by atoms with van der Waals surface area (Å²) in [5.74, 6) is -0.720. The number of nitrogens with one attached hydrogen (secondary N) is 3. The molecule has 0 aliphatic carbocycles. The summed E-state index contributed by atoms with van der Waals surface area (Å²) in [6.07, 6.45) is -4.52. The van der Waals surface area contributed by atoms with E-state index in [9.17, 15) is 27.6 Å². The molecule has 0 atom stereocenters. The number of ether oxygens (including phenoxy) is 1. The number of anilines is 3. The van der Waals surface area contributed by atoms with Crippen molar-refractivity contribution in [2.75, 3.05) is 35.2 Å². The average molecular weight is 498 g/mol. The lowest BCUT2D eigenvalue weighted by atomic mass is 10.2. The SMILES string of the molecule is O=C(COc1ccc(C(=O)Nc2cccc(N3CCNC3=O)c2)cc1)Nc1cccc(C(F)(F)F)c1. The largest absolute Gasteiger partial charge is 0.484 e. The molecule has 1 heterocycles. The Balaban J connectivity index is 1.30. The first-order valence-corrected chi connectivity index (χ1v) is 10.9. The van der Waals surface area contributed by atoms with E-state index in [-0.39, 0.29) is 17.6 Å². The standard InChI is InChI=1S/C25H21F3N4O4/c26-25(27,28)17-3-1-4-18(13-17)30-22(33)15-36-21-9-7-16(8-10-21)23(34)31-19-5-2-6-20(14-19)32-12-11-29-24(32)35/h1-10,13-14H,11-12,15H2,(H,29,35)(H,30,33)(H,31,34). The second-order valence-corrected chi connectivity index (χ2v) is 7.83. The van der Waals surface area contributed by atoms with Crippen molar-refractivity contribution in [2.45, 2.75) is 6.18 Å². The summed E-state index contributed by atoms with van der Waals surface area (Å²) in [6, 6.07) is 17.0. The summed E-state index contributed by atoms with van der Waals surface area (Å²) >= 11 is 0. The third-order valence-corrected chi connectivity index (χ3v) is 5.23. The molecule has 4 rings (SSSR count). The van der Waals surface area contributed by atoms with Crippen molar-refractivity contribution >= 4 is 34.9 Å². The molecule has 3 aromatic carbocycles. The molecule has 3 aromatic rings. The molecule has 1 aliphatic rings. The highest BCUT2D eigenvalue weighted by molar-refractivity contribution is 6.05. The van der Waals surface area contributed by atoms with Gasteiger partial charge in [-0.15, -0.1) is 0 Å². The summed E-state index contributed by atoms with van der Waals surface area (Å²) in [6.45, 7) is 0.658. The fourth-order valence-corrected chi connectivity index (χ4v) is 3.49. The number of nitrogens with zero attached hydrogens (tertiary/aromatic N) is 1. The number of urea groups is 1. The van der Waals surface area contributed by atoms with Gasteiger partial charge in [0.25, 0.3) is 11.8 Å². The van der Waals surface area contributed by atoms with Gasteiger partial charge in [-0.2, -0.15) is 13.2 Å². The maximum absolute atomic E-state index is 12.8. The van der Waals surface area contributed by atoms with Gasteiger partial charge in [0, 0.05) is 35.7 Å². The Morgan fingerprint density at radius 2 is 1.64 bits per heavy atom. The number of hydrogen-bond donors (Lipinski definition) is 3. The molecule has 11 heteroatoms. The van der Waals surface area contributed by atoms with Gasteiger partial charge in [-0.3, -0.25) is 14.5 Å². The summed E-state index contributed by atoms with van der Waals surface area (Å²) in [7, 11) is 0. The average Bonchev–Trinajstić information content (AvgIpc) is 3.29. The van der Waals surface area contributed by atoms with Crippen molar-refractivity contribution in [3.63, 3.8) is 0 Å². The Kier molecular flexibility index (Phi) is 7.09. The minimum atomic E-state index is -4.52. The molecule has 0 bridgehead atoms. The topological polar surface area (TPSA) is 99.8 Å². The number of carbonyl (C=O) groups is 3. The van der Waals surface area contributed by atoms with E-state index in [1.165, 1.54) is 36.4 Å². The van der Waals surface area contributed by atoms with Crippen LogP contribution in [0.4, 0.5) is 35.0 Å². The zero-order chi connectivity index (χ0) is 25.7. The predicted molar refractivity (Wildman–Crippen MR) is 127 cm³/mol. The fourth-order valence-electron chi connectivity index (χ4n) is 3.49. The normalized spacial score (nSPS) is 13.2. The zero-order valence-electron chi connectivity index (χ0n) is 18.8. The molecule has 0 saturated carbocycles. The van der Waals surface area contributed by atoms with Gasteiger partial charge >= 0.3 is 12.2 Å². The predicted octanol–water partition coefficient (Wildman–Crippen LogP) is 4.50. The van der Waals surface area contributed by atoms with E-state index in [4.69, 9.17) is 4.74 Å². The lowest BCUT2D eigenvalue weighted by Crippen LogP contribution is -2.27. The van der Waals surface area contributed by atoms with E-state index in [2.05, 4.69) is 16.0 Å². The summed E-state index contributed by atoms with van der Waals surface area (Å²) in [4.78, 5) is 38.1. The molecule has 3 N–H and O–H groups in total. The Morgan fingerprint density at radius 1 is 0.944 bits per heavy atom. The van der Waals surface area contributed by atoms with Gasteiger partial charge in [-0.05, 0) is 60.7 Å². The highest BCUT2D eigenvalue weighted by Crippen LogP contribution is 2.30. The first-order valence-electron chi connectivity index (χ1n) is 10.9. The number of alkyl halides is 3. The second kappa shape index (κ2) is 10.4. The molecular weight excluding hydrogens is 477 g/mol. The van der Waals surface area contributed by atoms with E-state index in [0.717, 1.165) is 12.1 Å². The first-order chi connectivity index (χ1) is 17.2. The van der Waals surface area contributed by atoms with Crippen LogP contribution in [0.25, 0.3) is 0 Å². The van der Waals surface area contributed by atoms with Gasteiger partial charge in [-0.25, -0.2) is 4.79 Å². The van der Waals surface area contributed by atoms with E-state index in [1.807, 2.05) is 0 Å². The lowest BCUT2D eigenvalue weighted by Gasteiger charge is -2.15.